The fourth-order valence-corrected chi connectivity index (χ4v) is 6.12. The first kappa shape index (κ1) is 21.0. The van der Waals surface area contributed by atoms with E-state index in [2.05, 4.69) is 17.1 Å². The molecule has 6 atom stereocenters. The summed E-state index contributed by atoms with van der Waals surface area (Å²) >= 11 is 12.5. The highest BCUT2D eigenvalue weighted by molar-refractivity contribution is 6.43. The van der Waals surface area contributed by atoms with Crippen LogP contribution in [0, 0.1) is 29.6 Å². The molecule has 1 saturated carbocycles. The maximum atomic E-state index is 12.4. The Morgan fingerprint density at radius 1 is 1.19 bits per heavy atom. The topological polar surface area (TPSA) is 48.4 Å². The summed E-state index contributed by atoms with van der Waals surface area (Å²) < 4.78 is 11.4. The Morgan fingerprint density at radius 3 is 2.87 bits per heavy atom. The van der Waals surface area contributed by atoms with Gasteiger partial charge in [-0.15, -0.1) is 0 Å². The van der Waals surface area contributed by atoms with Crippen molar-refractivity contribution in [3.8, 4) is 11.1 Å². The molecule has 1 aromatic heterocycles. The van der Waals surface area contributed by atoms with Crippen LogP contribution < -0.4 is 0 Å². The number of rotatable bonds is 3. The average molecular weight is 458 g/mol. The van der Waals surface area contributed by atoms with E-state index in [-0.39, 0.29) is 29.8 Å². The van der Waals surface area contributed by atoms with E-state index in [1.54, 1.807) is 6.07 Å². The van der Waals surface area contributed by atoms with E-state index in [1.807, 2.05) is 37.4 Å². The number of allylic oxidation sites excluding steroid dienone is 1. The van der Waals surface area contributed by atoms with Crippen molar-refractivity contribution in [1.29, 1.82) is 0 Å². The van der Waals surface area contributed by atoms with Gasteiger partial charge >= 0.3 is 5.97 Å². The third-order valence-corrected chi connectivity index (χ3v) is 8.00. The molecule has 162 valence electrons. The predicted octanol–water partition coefficient (Wildman–Crippen LogP) is 5.92. The van der Waals surface area contributed by atoms with Gasteiger partial charge in [0.25, 0.3) is 0 Å². The largest absolute Gasteiger partial charge is 0.462 e. The zero-order chi connectivity index (χ0) is 21.5. The molecule has 3 aliphatic rings. The third-order valence-electron chi connectivity index (χ3n) is 7.18. The zero-order valence-corrected chi connectivity index (χ0v) is 18.9. The number of carbonyl (C=O) groups excluding carboxylic acids is 1. The van der Waals surface area contributed by atoms with Crippen molar-refractivity contribution < 1.29 is 14.3 Å². The van der Waals surface area contributed by atoms with Crippen LogP contribution in [-0.4, -0.2) is 30.3 Å². The average Bonchev–Trinajstić information content (AvgIpc) is 3.07. The Morgan fingerprint density at radius 2 is 2.06 bits per heavy atom. The second kappa shape index (κ2) is 8.57. The van der Waals surface area contributed by atoms with E-state index in [0.29, 0.717) is 21.9 Å². The number of ether oxygens (including phenoxy) is 2. The van der Waals surface area contributed by atoms with Gasteiger partial charge in [0.15, 0.2) is 0 Å². The standard InChI is InChI=1S/C25H25Cl2NO3/c1-14-23-20(18-9-10-30-13-16(18)11-21(23)25(29)31-14)8-7-17-6-5-15(12-28-17)19-3-2-4-22(26)24(19)27/h2-8,12,14,16,18,20-21,23H,9-11,13H2,1H3/b8-7+/t14-,16?,18?,20?,21?,23?/m1/s1. The van der Waals surface area contributed by atoms with Gasteiger partial charge in [-0.25, -0.2) is 0 Å². The zero-order valence-electron chi connectivity index (χ0n) is 17.3. The molecule has 2 saturated heterocycles. The molecule has 3 heterocycles. The van der Waals surface area contributed by atoms with Crippen molar-refractivity contribution in [1.82, 2.24) is 4.98 Å². The van der Waals surface area contributed by atoms with Gasteiger partial charge < -0.3 is 9.47 Å². The number of aromatic nitrogens is 1. The first-order valence-corrected chi connectivity index (χ1v) is 11.7. The van der Waals surface area contributed by atoms with E-state index in [0.717, 1.165) is 42.9 Å². The summed E-state index contributed by atoms with van der Waals surface area (Å²) in [5.74, 6) is 1.40. The van der Waals surface area contributed by atoms with Crippen LogP contribution in [0.1, 0.15) is 25.5 Å². The minimum atomic E-state index is -0.0451. The first-order valence-electron chi connectivity index (χ1n) is 10.9. The van der Waals surface area contributed by atoms with Crippen LogP contribution in [0.4, 0.5) is 0 Å². The molecule has 2 aromatic rings. The van der Waals surface area contributed by atoms with Gasteiger partial charge in [0.2, 0.25) is 0 Å². The lowest BCUT2D eigenvalue weighted by Gasteiger charge is -2.45. The number of pyridine rings is 1. The lowest BCUT2D eigenvalue weighted by molar-refractivity contribution is -0.144. The highest BCUT2D eigenvalue weighted by Gasteiger charge is 2.54. The lowest BCUT2D eigenvalue weighted by atomic mass is 9.60. The van der Waals surface area contributed by atoms with Crippen molar-refractivity contribution in [2.45, 2.75) is 25.9 Å². The van der Waals surface area contributed by atoms with Gasteiger partial charge in [-0.2, -0.15) is 0 Å². The summed E-state index contributed by atoms with van der Waals surface area (Å²) in [6.45, 7) is 3.57. The van der Waals surface area contributed by atoms with Crippen molar-refractivity contribution >= 4 is 35.2 Å². The molecule has 6 heteroatoms. The summed E-state index contributed by atoms with van der Waals surface area (Å²) in [7, 11) is 0. The lowest BCUT2D eigenvalue weighted by Crippen LogP contribution is -2.45. The fourth-order valence-electron chi connectivity index (χ4n) is 5.71. The highest BCUT2D eigenvalue weighted by atomic mass is 35.5. The SMILES string of the molecule is C[C@H]1OC(=O)C2CC3COCCC3C(/C=C/c3ccc(-c4cccc(Cl)c4Cl)cn3)C21. The van der Waals surface area contributed by atoms with Crippen LogP contribution >= 0.6 is 23.2 Å². The third kappa shape index (κ3) is 3.90. The molecule has 0 spiro atoms. The van der Waals surface area contributed by atoms with Crippen molar-refractivity contribution in [3.63, 3.8) is 0 Å². The van der Waals surface area contributed by atoms with Gasteiger partial charge in [0.1, 0.15) is 6.10 Å². The van der Waals surface area contributed by atoms with Crippen LogP contribution in [0.3, 0.4) is 0 Å². The maximum absolute atomic E-state index is 12.4. The van der Waals surface area contributed by atoms with Crippen molar-refractivity contribution in [2.24, 2.45) is 29.6 Å². The number of nitrogens with zero attached hydrogens (tertiary/aromatic N) is 1. The van der Waals surface area contributed by atoms with Crippen molar-refractivity contribution in [3.05, 3.63) is 58.3 Å². The fraction of sp³-hybridized carbons (Fsp3) is 0.440. The van der Waals surface area contributed by atoms with Crippen LogP contribution in [0.2, 0.25) is 10.0 Å². The summed E-state index contributed by atoms with van der Waals surface area (Å²) in [4.78, 5) is 17.0. The first-order chi connectivity index (χ1) is 15.0. The van der Waals surface area contributed by atoms with Gasteiger partial charge in [-0.05, 0) is 55.7 Å². The Hall–Kier alpha value is -1.88. The smallest absolute Gasteiger partial charge is 0.309 e. The Kier molecular flexibility index (Phi) is 5.80. The molecule has 5 unspecified atom stereocenters. The minimum Gasteiger partial charge on any atom is -0.462 e. The van der Waals surface area contributed by atoms with Gasteiger partial charge in [-0.3, -0.25) is 9.78 Å². The normalized spacial score (nSPS) is 32.5. The second-order valence-corrected chi connectivity index (χ2v) is 9.64. The minimum absolute atomic E-state index is 0.0205. The number of hydrogen-bond donors (Lipinski definition) is 0. The van der Waals surface area contributed by atoms with E-state index >= 15 is 0 Å². The summed E-state index contributed by atoms with van der Waals surface area (Å²) in [6.07, 6.45) is 8.03. The molecular weight excluding hydrogens is 433 g/mol. The Labute approximate surface area is 192 Å². The molecule has 5 rings (SSSR count). The summed E-state index contributed by atoms with van der Waals surface area (Å²) in [5.41, 5.74) is 2.67. The van der Waals surface area contributed by atoms with E-state index in [1.165, 1.54) is 0 Å². The molecule has 1 aromatic carbocycles. The van der Waals surface area contributed by atoms with E-state index < -0.39 is 0 Å². The van der Waals surface area contributed by atoms with Gasteiger partial charge in [-0.1, -0.05) is 47.5 Å². The van der Waals surface area contributed by atoms with E-state index in [4.69, 9.17) is 32.7 Å². The summed E-state index contributed by atoms with van der Waals surface area (Å²) in [5, 5.41) is 1.07. The number of esters is 1. The molecule has 2 aliphatic heterocycles. The molecule has 4 nitrogen and oxygen atoms in total. The number of halogens is 2. The maximum Gasteiger partial charge on any atom is 0.309 e. The van der Waals surface area contributed by atoms with Crippen LogP contribution in [0.25, 0.3) is 17.2 Å². The molecule has 0 bridgehead atoms. The quantitative estimate of drug-likeness (QED) is 0.536. The van der Waals surface area contributed by atoms with Gasteiger partial charge in [0, 0.05) is 36.5 Å². The monoisotopic (exact) mass is 457 g/mol. The van der Waals surface area contributed by atoms with E-state index in [9.17, 15) is 4.79 Å². The van der Waals surface area contributed by atoms with Crippen LogP contribution in [0.15, 0.2) is 42.6 Å². The molecule has 1 aliphatic carbocycles. The Balaban J connectivity index is 1.40. The number of fused-ring (bicyclic) bond motifs is 2. The second-order valence-electron chi connectivity index (χ2n) is 8.86. The molecular formula is C25H25Cl2NO3. The number of carbonyl (C=O) groups is 1. The van der Waals surface area contributed by atoms with Crippen molar-refractivity contribution in [2.75, 3.05) is 13.2 Å². The highest BCUT2D eigenvalue weighted by Crippen LogP contribution is 2.51. The predicted molar refractivity (Wildman–Crippen MR) is 122 cm³/mol. The molecule has 0 N–H and O–H groups in total. The molecule has 31 heavy (non-hydrogen) atoms. The van der Waals surface area contributed by atoms with Crippen LogP contribution in [0.5, 0.6) is 0 Å². The van der Waals surface area contributed by atoms with Crippen LogP contribution in [-0.2, 0) is 14.3 Å². The van der Waals surface area contributed by atoms with Gasteiger partial charge in [0.05, 0.1) is 21.7 Å². The number of cyclic esters (lactones) is 1. The number of benzene rings is 1. The molecule has 0 amide bonds. The number of hydrogen-bond acceptors (Lipinski definition) is 4. The molecule has 3 fully saturated rings. The molecule has 0 radical (unpaired) electrons. The summed E-state index contributed by atoms with van der Waals surface area (Å²) in [6, 6.07) is 9.60. The Bertz CT molecular complexity index is 1010.